The zero-order valence-corrected chi connectivity index (χ0v) is 9.45. The van der Waals surface area contributed by atoms with Crippen LogP contribution in [0.5, 0.6) is 0 Å². The molecule has 1 heterocycles. The minimum Gasteiger partial charge on any atom is -0.353 e. The van der Waals surface area contributed by atoms with Crippen LogP contribution in [0.25, 0.3) is 0 Å². The van der Waals surface area contributed by atoms with Crippen molar-refractivity contribution in [3.05, 3.63) is 24.0 Å². The van der Waals surface area contributed by atoms with E-state index in [1.165, 1.54) is 5.69 Å². The van der Waals surface area contributed by atoms with Gasteiger partial charge in [0, 0.05) is 38.6 Å². The summed E-state index contributed by atoms with van der Waals surface area (Å²) in [5, 5.41) is 3.43. The molecule has 0 radical (unpaired) electrons. The second-order valence-corrected chi connectivity index (χ2v) is 3.68. The Bertz CT molecular complexity index is 255. The Morgan fingerprint density at radius 3 is 2.86 bits per heavy atom. The number of hydrogen-bond acceptors (Lipinski definition) is 2. The summed E-state index contributed by atoms with van der Waals surface area (Å²) >= 11 is 0. The van der Waals surface area contributed by atoms with E-state index < -0.39 is 0 Å². The van der Waals surface area contributed by atoms with E-state index in [-0.39, 0.29) is 0 Å². The molecule has 0 amide bonds. The summed E-state index contributed by atoms with van der Waals surface area (Å²) in [6.45, 7) is 6.42. The van der Waals surface area contributed by atoms with Crippen LogP contribution in [-0.2, 0) is 13.6 Å². The molecule has 3 nitrogen and oxygen atoms in total. The highest BCUT2D eigenvalue weighted by atomic mass is 15.1. The Hall–Kier alpha value is -0.800. The molecule has 1 N–H and O–H groups in total. The molecule has 1 aromatic rings. The number of nitrogens with one attached hydrogen (secondary N) is 1. The average Bonchev–Trinajstić information content (AvgIpc) is 2.58. The summed E-state index contributed by atoms with van der Waals surface area (Å²) < 4.78 is 2.15. The number of hydrogen-bond donors (Lipinski definition) is 1. The van der Waals surface area contributed by atoms with Crippen LogP contribution in [0.3, 0.4) is 0 Å². The molecule has 0 unspecified atom stereocenters. The van der Waals surface area contributed by atoms with E-state index in [0.29, 0.717) is 0 Å². The van der Waals surface area contributed by atoms with E-state index >= 15 is 0 Å². The van der Waals surface area contributed by atoms with Crippen LogP contribution >= 0.6 is 0 Å². The maximum Gasteiger partial charge on any atom is 0.0359 e. The fourth-order valence-corrected chi connectivity index (χ4v) is 1.32. The molecule has 0 aromatic carbocycles. The monoisotopic (exact) mass is 195 g/mol. The molecule has 0 bridgehead atoms. The smallest absolute Gasteiger partial charge is 0.0359 e. The first-order chi connectivity index (χ1) is 6.74. The van der Waals surface area contributed by atoms with Crippen molar-refractivity contribution in [2.24, 2.45) is 7.05 Å². The summed E-state index contributed by atoms with van der Waals surface area (Å²) in [6, 6.07) is 4.23. The molecule has 0 spiro atoms. The van der Waals surface area contributed by atoms with Crippen molar-refractivity contribution in [3.8, 4) is 0 Å². The normalized spacial score (nSPS) is 11.1. The van der Waals surface area contributed by atoms with Crippen LogP contribution in [0, 0.1) is 0 Å². The second kappa shape index (κ2) is 5.83. The van der Waals surface area contributed by atoms with Crippen molar-refractivity contribution >= 4 is 0 Å². The third-order valence-electron chi connectivity index (χ3n) is 2.57. The summed E-state index contributed by atoms with van der Waals surface area (Å²) in [5.74, 6) is 0. The van der Waals surface area contributed by atoms with E-state index in [9.17, 15) is 0 Å². The van der Waals surface area contributed by atoms with Gasteiger partial charge in [-0.1, -0.05) is 6.92 Å². The molecule has 80 valence electrons. The minimum atomic E-state index is 0.959. The standard InChI is InChI=1S/C11H21N3/c1-4-13(2)9-7-12-10-11-6-5-8-14(11)3/h5-6,8,12H,4,7,9-10H2,1-3H3. The maximum absolute atomic E-state index is 3.43. The lowest BCUT2D eigenvalue weighted by Gasteiger charge is -2.14. The van der Waals surface area contributed by atoms with E-state index in [4.69, 9.17) is 0 Å². The zero-order chi connectivity index (χ0) is 10.4. The van der Waals surface area contributed by atoms with E-state index in [0.717, 1.165) is 26.2 Å². The Kier molecular flexibility index (Phi) is 4.70. The van der Waals surface area contributed by atoms with Gasteiger partial charge in [0.15, 0.2) is 0 Å². The molecule has 0 atom stereocenters. The summed E-state index contributed by atoms with van der Waals surface area (Å²) in [7, 11) is 4.22. The molecule has 0 saturated carbocycles. The zero-order valence-electron chi connectivity index (χ0n) is 9.45. The van der Waals surface area contributed by atoms with Crippen LogP contribution < -0.4 is 5.32 Å². The van der Waals surface area contributed by atoms with Gasteiger partial charge in [0.1, 0.15) is 0 Å². The van der Waals surface area contributed by atoms with Crippen LogP contribution in [0.2, 0.25) is 0 Å². The Labute approximate surface area is 86.7 Å². The summed E-state index contributed by atoms with van der Waals surface area (Å²) in [4.78, 5) is 2.30. The molecule has 0 fully saturated rings. The van der Waals surface area contributed by atoms with Gasteiger partial charge in [-0.25, -0.2) is 0 Å². The van der Waals surface area contributed by atoms with E-state index in [1.54, 1.807) is 0 Å². The number of aryl methyl sites for hydroxylation is 1. The predicted molar refractivity (Wildman–Crippen MR) is 60.3 cm³/mol. The van der Waals surface area contributed by atoms with Crippen LogP contribution in [0.4, 0.5) is 0 Å². The van der Waals surface area contributed by atoms with Crippen LogP contribution in [0.1, 0.15) is 12.6 Å². The first-order valence-corrected chi connectivity index (χ1v) is 5.23. The Morgan fingerprint density at radius 1 is 1.50 bits per heavy atom. The van der Waals surface area contributed by atoms with Crippen molar-refractivity contribution in [1.29, 1.82) is 0 Å². The van der Waals surface area contributed by atoms with E-state index in [1.807, 2.05) is 0 Å². The number of rotatable bonds is 6. The lowest BCUT2D eigenvalue weighted by atomic mass is 10.4. The van der Waals surface area contributed by atoms with Gasteiger partial charge in [-0.2, -0.15) is 0 Å². The third kappa shape index (κ3) is 3.52. The van der Waals surface area contributed by atoms with Gasteiger partial charge in [-0.05, 0) is 25.7 Å². The number of aromatic nitrogens is 1. The lowest BCUT2D eigenvalue weighted by molar-refractivity contribution is 0.348. The highest BCUT2D eigenvalue weighted by Gasteiger charge is 1.96. The highest BCUT2D eigenvalue weighted by Crippen LogP contribution is 1.97. The quantitative estimate of drug-likeness (QED) is 0.685. The Morgan fingerprint density at radius 2 is 2.29 bits per heavy atom. The SMILES string of the molecule is CCN(C)CCNCc1cccn1C. The largest absolute Gasteiger partial charge is 0.353 e. The fourth-order valence-electron chi connectivity index (χ4n) is 1.32. The summed E-state index contributed by atoms with van der Waals surface area (Å²) in [6.07, 6.45) is 2.08. The molecular weight excluding hydrogens is 174 g/mol. The average molecular weight is 195 g/mol. The van der Waals surface area contributed by atoms with Crippen LogP contribution in [0.15, 0.2) is 18.3 Å². The van der Waals surface area contributed by atoms with Crippen molar-refractivity contribution in [2.45, 2.75) is 13.5 Å². The summed E-state index contributed by atoms with van der Waals surface area (Å²) in [5.41, 5.74) is 1.34. The lowest BCUT2D eigenvalue weighted by Crippen LogP contribution is -2.29. The maximum atomic E-state index is 3.43. The topological polar surface area (TPSA) is 20.2 Å². The van der Waals surface area contributed by atoms with E-state index in [2.05, 4.69) is 54.1 Å². The van der Waals surface area contributed by atoms with Gasteiger partial charge in [-0.15, -0.1) is 0 Å². The van der Waals surface area contributed by atoms with Gasteiger partial charge < -0.3 is 14.8 Å². The van der Waals surface area contributed by atoms with Gasteiger partial charge in [0.2, 0.25) is 0 Å². The molecule has 3 heteroatoms. The Balaban J connectivity index is 2.13. The molecule has 14 heavy (non-hydrogen) atoms. The van der Waals surface area contributed by atoms with Crippen molar-refractivity contribution in [2.75, 3.05) is 26.7 Å². The first-order valence-electron chi connectivity index (χ1n) is 5.23. The second-order valence-electron chi connectivity index (χ2n) is 3.68. The molecule has 0 aliphatic carbocycles. The first kappa shape index (κ1) is 11.3. The third-order valence-corrected chi connectivity index (χ3v) is 2.57. The molecular formula is C11H21N3. The van der Waals surface area contributed by atoms with Crippen molar-refractivity contribution < 1.29 is 0 Å². The van der Waals surface area contributed by atoms with Crippen molar-refractivity contribution in [1.82, 2.24) is 14.8 Å². The van der Waals surface area contributed by atoms with Gasteiger partial charge in [0.25, 0.3) is 0 Å². The number of nitrogens with zero attached hydrogens (tertiary/aromatic N) is 2. The minimum absolute atomic E-state index is 0.959. The van der Waals surface area contributed by atoms with Crippen molar-refractivity contribution in [3.63, 3.8) is 0 Å². The van der Waals surface area contributed by atoms with Crippen LogP contribution in [-0.4, -0.2) is 36.1 Å². The highest BCUT2D eigenvalue weighted by molar-refractivity contribution is 5.05. The molecule has 0 saturated heterocycles. The van der Waals surface area contributed by atoms with Gasteiger partial charge in [-0.3, -0.25) is 0 Å². The van der Waals surface area contributed by atoms with Gasteiger partial charge >= 0.3 is 0 Å². The number of likely N-dealkylation sites (N-methyl/N-ethyl adjacent to an activating group) is 1. The fraction of sp³-hybridized carbons (Fsp3) is 0.636. The molecule has 0 aliphatic heterocycles. The molecule has 1 rings (SSSR count). The predicted octanol–water partition coefficient (Wildman–Crippen LogP) is 1.07. The molecule has 1 aromatic heterocycles. The van der Waals surface area contributed by atoms with Gasteiger partial charge in [0.05, 0.1) is 0 Å². The molecule has 0 aliphatic rings.